The first kappa shape index (κ1) is 14.0. The van der Waals surface area contributed by atoms with Crippen LogP contribution >= 0.6 is 0 Å². The minimum Gasteiger partial charge on any atom is -0.367 e. The van der Waals surface area contributed by atoms with E-state index in [1.165, 1.54) is 12.8 Å². The maximum Gasteiger partial charge on any atom is 0.253 e. The zero-order chi connectivity index (χ0) is 13.5. The second kappa shape index (κ2) is 7.26. The largest absolute Gasteiger partial charge is 0.367 e. The molecular formula is C15H22N2O2. The molecule has 19 heavy (non-hydrogen) atoms. The SMILES string of the molecule is COC(C(=O)NCCCNC1CC1)c1ccccc1. The molecule has 1 aromatic rings. The molecule has 1 atom stereocenters. The van der Waals surface area contributed by atoms with Crippen LogP contribution in [0.25, 0.3) is 0 Å². The minimum absolute atomic E-state index is 0.0693. The third-order valence-corrected chi connectivity index (χ3v) is 3.24. The van der Waals surface area contributed by atoms with E-state index in [2.05, 4.69) is 10.6 Å². The molecule has 2 rings (SSSR count). The van der Waals surface area contributed by atoms with Crippen LogP contribution in [0.3, 0.4) is 0 Å². The highest BCUT2D eigenvalue weighted by Crippen LogP contribution is 2.18. The van der Waals surface area contributed by atoms with Crippen molar-refractivity contribution in [2.75, 3.05) is 20.2 Å². The van der Waals surface area contributed by atoms with Gasteiger partial charge in [0, 0.05) is 19.7 Å². The predicted molar refractivity (Wildman–Crippen MR) is 74.8 cm³/mol. The molecule has 0 heterocycles. The zero-order valence-electron chi connectivity index (χ0n) is 11.4. The van der Waals surface area contributed by atoms with Crippen LogP contribution in [0.1, 0.15) is 30.9 Å². The summed E-state index contributed by atoms with van der Waals surface area (Å²) in [4.78, 5) is 12.0. The van der Waals surface area contributed by atoms with Crippen molar-refractivity contribution in [2.24, 2.45) is 0 Å². The Labute approximate surface area is 114 Å². The fraction of sp³-hybridized carbons (Fsp3) is 0.533. The van der Waals surface area contributed by atoms with Crippen LogP contribution in [0.15, 0.2) is 30.3 Å². The van der Waals surface area contributed by atoms with Crippen molar-refractivity contribution in [1.82, 2.24) is 10.6 Å². The smallest absolute Gasteiger partial charge is 0.253 e. The summed E-state index contributed by atoms with van der Waals surface area (Å²) in [5.41, 5.74) is 0.888. The summed E-state index contributed by atoms with van der Waals surface area (Å²) in [6.45, 7) is 1.65. The van der Waals surface area contributed by atoms with E-state index >= 15 is 0 Å². The maximum atomic E-state index is 12.0. The van der Waals surface area contributed by atoms with Crippen molar-refractivity contribution >= 4 is 5.91 Å². The Bertz CT molecular complexity index is 390. The Hall–Kier alpha value is -1.39. The highest BCUT2D eigenvalue weighted by Gasteiger charge is 2.20. The number of hydrogen-bond donors (Lipinski definition) is 2. The Morgan fingerprint density at radius 1 is 1.32 bits per heavy atom. The molecule has 0 spiro atoms. The molecule has 104 valence electrons. The first-order valence-corrected chi connectivity index (χ1v) is 6.90. The van der Waals surface area contributed by atoms with Gasteiger partial charge in [-0.3, -0.25) is 4.79 Å². The summed E-state index contributed by atoms with van der Waals surface area (Å²) in [7, 11) is 1.56. The van der Waals surface area contributed by atoms with Crippen LogP contribution in [-0.4, -0.2) is 32.1 Å². The van der Waals surface area contributed by atoms with Crippen LogP contribution in [0.2, 0.25) is 0 Å². The number of methoxy groups -OCH3 is 1. The summed E-state index contributed by atoms with van der Waals surface area (Å²) in [6, 6.07) is 10.3. The molecule has 2 N–H and O–H groups in total. The van der Waals surface area contributed by atoms with Crippen molar-refractivity contribution in [3.63, 3.8) is 0 Å². The molecule has 1 saturated carbocycles. The number of ether oxygens (including phenoxy) is 1. The first-order chi connectivity index (χ1) is 9.31. The van der Waals surface area contributed by atoms with Gasteiger partial charge in [-0.05, 0) is 31.4 Å². The van der Waals surface area contributed by atoms with E-state index in [9.17, 15) is 4.79 Å². The minimum atomic E-state index is -0.516. The lowest BCUT2D eigenvalue weighted by atomic mass is 10.1. The van der Waals surface area contributed by atoms with E-state index in [1.54, 1.807) is 7.11 Å². The van der Waals surface area contributed by atoms with Crippen molar-refractivity contribution in [1.29, 1.82) is 0 Å². The zero-order valence-corrected chi connectivity index (χ0v) is 11.4. The van der Waals surface area contributed by atoms with Gasteiger partial charge < -0.3 is 15.4 Å². The first-order valence-electron chi connectivity index (χ1n) is 6.90. The molecule has 4 nitrogen and oxygen atoms in total. The summed E-state index contributed by atoms with van der Waals surface area (Å²) in [5.74, 6) is -0.0693. The number of hydrogen-bond acceptors (Lipinski definition) is 3. The summed E-state index contributed by atoms with van der Waals surface area (Å²) in [6.07, 6.45) is 3.03. The standard InChI is InChI=1S/C15H22N2O2/c1-19-14(12-6-3-2-4-7-12)15(18)17-11-5-10-16-13-8-9-13/h2-4,6-7,13-14,16H,5,8-11H2,1H3,(H,17,18). The Kier molecular flexibility index (Phi) is 5.36. The van der Waals surface area contributed by atoms with Crippen LogP contribution < -0.4 is 10.6 Å². The molecule has 0 saturated heterocycles. The summed E-state index contributed by atoms with van der Waals surface area (Å²) in [5, 5.41) is 6.35. The monoisotopic (exact) mass is 262 g/mol. The van der Waals surface area contributed by atoms with Gasteiger partial charge >= 0.3 is 0 Å². The van der Waals surface area contributed by atoms with Crippen LogP contribution in [0.5, 0.6) is 0 Å². The molecule has 1 fully saturated rings. The van der Waals surface area contributed by atoms with E-state index in [1.807, 2.05) is 30.3 Å². The van der Waals surface area contributed by atoms with Crippen molar-refractivity contribution in [3.8, 4) is 0 Å². The average molecular weight is 262 g/mol. The number of rotatable bonds is 8. The number of carbonyl (C=O) groups excluding carboxylic acids is 1. The molecule has 1 aliphatic rings. The van der Waals surface area contributed by atoms with Gasteiger partial charge in [-0.15, -0.1) is 0 Å². The maximum absolute atomic E-state index is 12.0. The van der Waals surface area contributed by atoms with Crippen LogP contribution in [0.4, 0.5) is 0 Å². The van der Waals surface area contributed by atoms with E-state index in [4.69, 9.17) is 4.74 Å². The third kappa shape index (κ3) is 4.65. The predicted octanol–water partition coefficient (Wildman–Crippen LogP) is 1.63. The second-order valence-electron chi connectivity index (χ2n) is 4.90. The van der Waals surface area contributed by atoms with E-state index in [0.29, 0.717) is 6.54 Å². The topological polar surface area (TPSA) is 50.4 Å². The van der Waals surface area contributed by atoms with Crippen molar-refractivity contribution < 1.29 is 9.53 Å². The van der Waals surface area contributed by atoms with Gasteiger partial charge in [-0.25, -0.2) is 0 Å². The van der Waals surface area contributed by atoms with Crippen molar-refractivity contribution in [2.45, 2.75) is 31.4 Å². The summed E-state index contributed by atoms with van der Waals surface area (Å²) < 4.78 is 5.28. The van der Waals surface area contributed by atoms with Gasteiger partial charge in [0.1, 0.15) is 0 Å². The van der Waals surface area contributed by atoms with Gasteiger partial charge in [-0.1, -0.05) is 30.3 Å². The highest BCUT2D eigenvalue weighted by molar-refractivity contribution is 5.82. The van der Waals surface area contributed by atoms with Gasteiger partial charge in [0.25, 0.3) is 5.91 Å². The van der Waals surface area contributed by atoms with E-state index in [0.717, 1.165) is 24.6 Å². The molecule has 1 unspecified atom stereocenters. The molecule has 1 aliphatic carbocycles. The quantitative estimate of drug-likeness (QED) is 0.700. The lowest BCUT2D eigenvalue weighted by molar-refractivity contribution is -0.131. The number of benzene rings is 1. The third-order valence-electron chi connectivity index (χ3n) is 3.24. The van der Waals surface area contributed by atoms with Crippen molar-refractivity contribution in [3.05, 3.63) is 35.9 Å². The number of amides is 1. The molecule has 0 aromatic heterocycles. The second-order valence-corrected chi connectivity index (χ2v) is 4.90. The summed E-state index contributed by atoms with van der Waals surface area (Å²) >= 11 is 0. The molecule has 0 aliphatic heterocycles. The lowest BCUT2D eigenvalue weighted by Gasteiger charge is -2.15. The lowest BCUT2D eigenvalue weighted by Crippen LogP contribution is -2.32. The molecular weight excluding hydrogens is 240 g/mol. The molecule has 1 amide bonds. The fourth-order valence-electron chi connectivity index (χ4n) is 2.01. The molecule has 0 bridgehead atoms. The van der Waals surface area contributed by atoms with Gasteiger partial charge in [0.15, 0.2) is 6.10 Å². The molecule has 0 radical (unpaired) electrons. The Balaban J connectivity index is 1.70. The normalized spacial score (nSPS) is 16.1. The van der Waals surface area contributed by atoms with Gasteiger partial charge in [0.2, 0.25) is 0 Å². The fourth-order valence-corrected chi connectivity index (χ4v) is 2.01. The van der Waals surface area contributed by atoms with E-state index < -0.39 is 6.10 Å². The van der Waals surface area contributed by atoms with Gasteiger partial charge in [-0.2, -0.15) is 0 Å². The molecule has 4 heteroatoms. The number of carbonyl (C=O) groups is 1. The highest BCUT2D eigenvalue weighted by atomic mass is 16.5. The Morgan fingerprint density at radius 2 is 2.05 bits per heavy atom. The van der Waals surface area contributed by atoms with Gasteiger partial charge in [0.05, 0.1) is 0 Å². The van der Waals surface area contributed by atoms with E-state index in [-0.39, 0.29) is 5.91 Å². The number of nitrogens with one attached hydrogen (secondary N) is 2. The average Bonchev–Trinajstić information content (AvgIpc) is 3.24. The molecule has 1 aromatic carbocycles. The Morgan fingerprint density at radius 3 is 2.68 bits per heavy atom. The van der Waals surface area contributed by atoms with Crippen LogP contribution in [-0.2, 0) is 9.53 Å². The van der Waals surface area contributed by atoms with Crippen LogP contribution in [0, 0.1) is 0 Å².